The highest BCUT2D eigenvalue weighted by Crippen LogP contribution is 2.71. The summed E-state index contributed by atoms with van der Waals surface area (Å²) in [5.41, 5.74) is 9.39. The minimum Gasteiger partial charge on any atom is -0.453 e. The van der Waals surface area contributed by atoms with Crippen LogP contribution in [0.2, 0.25) is 0 Å². The van der Waals surface area contributed by atoms with Crippen molar-refractivity contribution in [1.82, 2.24) is 45.3 Å². The summed E-state index contributed by atoms with van der Waals surface area (Å²) in [6.45, 7) is 6.94. The second kappa shape index (κ2) is 15.2. The van der Waals surface area contributed by atoms with Crippen LogP contribution in [0.15, 0.2) is 48.8 Å². The molecule has 7 atom stereocenters. The van der Waals surface area contributed by atoms with E-state index in [0.717, 1.165) is 91.1 Å². The summed E-state index contributed by atoms with van der Waals surface area (Å²) < 4.78 is 9.44. The number of aromatic nitrogens is 4. The standard InChI is InChI=1S/C44H53N9O6/c1-24(47-42(56)58-4)40(54)51-18-8-6-10-32(51)38-45-22-30(49-38)27-14-12-26(13-15-27)28-16-17-29(37-35-21-44(3)20-34(36(28)37)53(35)44)31-23-46-39(50-31)33-11-7-9-19-52(33)41(55)25(2)48-43(57)59-5/h12-17,22-25,32-35H,6-11,18-21H2,1-5H3,(H,45,49)(H,46,50)(H,47,56)(H,48,57)/t24-,25-,32-,33-,34?,35?,44?/m0/s1. The number of imidazole rings is 2. The van der Waals surface area contributed by atoms with E-state index < -0.39 is 24.3 Å². The molecule has 0 saturated carbocycles. The number of ether oxygens (including phenoxy) is 2. The van der Waals surface area contributed by atoms with Crippen molar-refractivity contribution in [3.63, 3.8) is 0 Å². The van der Waals surface area contributed by atoms with E-state index in [9.17, 15) is 19.2 Å². The van der Waals surface area contributed by atoms with Crippen LogP contribution in [0, 0.1) is 0 Å². The normalized spacial score (nSPS) is 25.4. The first-order valence-corrected chi connectivity index (χ1v) is 21.0. The third-order valence-electron chi connectivity index (χ3n) is 13.5. The average Bonchev–Trinajstić information content (AvgIpc) is 3.98. The SMILES string of the molecule is COC(=O)N[C@@H](C)C(=O)N1CCCC[C@H]1c1ncc(-c2ccc(-c3ccc(-c4cnc([C@@H]5CCCCN5C(=O)[C@H](C)NC(=O)OC)[nH]4)c4c3C3CC5(C)CC4N35)cc2)[nH]1. The van der Waals surface area contributed by atoms with Crippen LogP contribution in [0.3, 0.4) is 0 Å². The number of benzene rings is 2. The van der Waals surface area contributed by atoms with Crippen LogP contribution in [0.1, 0.15) is 119 Å². The molecule has 0 bridgehead atoms. The molecular formula is C44H53N9O6. The van der Waals surface area contributed by atoms with E-state index in [4.69, 9.17) is 19.4 Å². The number of rotatable bonds is 9. The summed E-state index contributed by atoms with van der Waals surface area (Å²) in [4.78, 5) is 73.7. The molecule has 4 fully saturated rings. The number of carbonyl (C=O) groups excluding carboxylic acids is 4. The van der Waals surface area contributed by atoms with Crippen LogP contribution < -0.4 is 10.6 Å². The number of amides is 4. The Balaban J connectivity index is 0.970. The summed E-state index contributed by atoms with van der Waals surface area (Å²) in [6.07, 6.45) is 10.1. The Kier molecular flexibility index (Phi) is 9.97. The van der Waals surface area contributed by atoms with Gasteiger partial charge in [-0.05, 0) is 100.0 Å². The topological polar surface area (TPSA) is 178 Å². The third-order valence-corrected chi connectivity index (χ3v) is 13.5. The van der Waals surface area contributed by atoms with E-state index in [1.165, 1.54) is 30.9 Å². The highest BCUT2D eigenvalue weighted by Gasteiger charge is 2.66. The monoisotopic (exact) mass is 803 g/mol. The van der Waals surface area contributed by atoms with Crippen LogP contribution in [0.5, 0.6) is 0 Å². The fourth-order valence-electron chi connectivity index (χ4n) is 10.6. The number of fused-ring (bicyclic) bond motifs is 3. The zero-order valence-electron chi connectivity index (χ0n) is 34.3. The van der Waals surface area contributed by atoms with Crippen molar-refractivity contribution < 1.29 is 28.7 Å². The molecule has 59 heavy (non-hydrogen) atoms. The second-order valence-corrected chi connectivity index (χ2v) is 17.1. The molecule has 15 heteroatoms. The van der Waals surface area contributed by atoms with Gasteiger partial charge < -0.3 is 39.9 Å². The number of alkyl carbamates (subject to hydrolysis) is 2. The molecule has 0 aliphatic carbocycles. The second-order valence-electron chi connectivity index (χ2n) is 17.1. The summed E-state index contributed by atoms with van der Waals surface area (Å²) in [5.74, 6) is 1.20. The summed E-state index contributed by atoms with van der Waals surface area (Å²) in [7, 11) is 2.58. The van der Waals surface area contributed by atoms with Crippen molar-refractivity contribution in [3.05, 3.63) is 71.6 Å². The van der Waals surface area contributed by atoms with Gasteiger partial charge in [-0.1, -0.05) is 36.4 Å². The van der Waals surface area contributed by atoms with E-state index in [0.29, 0.717) is 25.2 Å². The Morgan fingerprint density at radius 3 is 1.68 bits per heavy atom. The minimum absolute atomic E-state index is 0.149. The molecule has 3 unspecified atom stereocenters. The Hall–Kier alpha value is -5.70. The number of piperidine rings is 3. The van der Waals surface area contributed by atoms with Gasteiger partial charge in [0, 0.05) is 36.3 Å². The number of likely N-dealkylation sites (tertiary alicyclic amines) is 2. The van der Waals surface area contributed by atoms with Gasteiger partial charge in [0.15, 0.2) is 0 Å². The van der Waals surface area contributed by atoms with Crippen LogP contribution in [-0.4, -0.2) is 104 Å². The largest absolute Gasteiger partial charge is 0.453 e. The van der Waals surface area contributed by atoms with Crippen LogP contribution in [0.4, 0.5) is 9.59 Å². The maximum atomic E-state index is 13.5. The highest BCUT2D eigenvalue weighted by molar-refractivity contribution is 5.87. The first-order valence-electron chi connectivity index (χ1n) is 21.0. The number of nitrogens with one attached hydrogen (secondary N) is 4. The number of nitrogens with zero attached hydrogens (tertiary/aromatic N) is 5. The fraction of sp³-hybridized carbons (Fsp3) is 0.500. The van der Waals surface area contributed by atoms with E-state index in [-0.39, 0.29) is 29.4 Å². The third kappa shape index (κ3) is 6.63. The van der Waals surface area contributed by atoms with Gasteiger partial charge in [-0.3, -0.25) is 14.5 Å². The van der Waals surface area contributed by atoms with Gasteiger partial charge >= 0.3 is 12.2 Å². The van der Waals surface area contributed by atoms with Crippen molar-refractivity contribution in [2.75, 3.05) is 27.3 Å². The average molecular weight is 804 g/mol. The van der Waals surface area contributed by atoms with Crippen molar-refractivity contribution in [3.8, 4) is 33.6 Å². The van der Waals surface area contributed by atoms with E-state index in [1.807, 2.05) is 22.2 Å². The van der Waals surface area contributed by atoms with Crippen molar-refractivity contribution in [2.45, 2.75) is 114 Å². The van der Waals surface area contributed by atoms with Crippen molar-refractivity contribution >= 4 is 24.0 Å². The van der Waals surface area contributed by atoms with Gasteiger partial charge in [0.25, 0.3) is 0 Å². The molecule has 5 aliphatic rings. The van der Waals surface area contributed by atoms with Gasteiger partial charge in [-0.15, -0.1) is 0 Å². The first kappa shape index (κ1) is 38.8. The summed E-state index contributed by atoms with van der Waals surface area (Å²) in [6, 6.07) is 12.0. The predicted octanol–water partition coefficient (Wildman–Crippen LogP) is 6.69. The first-order chi connectivity index (χ1) is 28.5. The van der Waals surface area contributed by atoms with Gasteiger partial charge in [0.2, 0.25) is 11.8 Å². The molecule has 310 valence electrons. The molecule has 2 aromatic carbocycles. The molecule has 5 aliphatic heterocycles. The maximum absolute atomic E-state index is 13.5. The zero-order valence-corrected chi connectivity index (χ0v) is 34.3. The number of methoxy groups -OCH3 is 2. The van der Waals surface area contributed by atoms with E-state index >= 15 is 0 Å². The van der Waals surface area contributed by atoms with Gasteiger partial charge in [-0.2, -0.15) is 0 Å². The predicted molar refractivity (Wildman–Crippen MR) is 219 cm³/mol. The quantitative estimate of drug-likeness (QED) is 0.144. The lowest BCUT2D eigenvalue weighted by Crippen LogP contribution is -2.66. The molecule has 15 nitrogen and oxygen atoms in total. The molecule has 4 amide bonds. The maximum Gasteiger partial charge on any atom is 0.407 e. The number of aromatic amines is 2. The Bertz CT molecular complexity index is 2290. The van der Waals surface area contributed by atoms with Gasteiger partial charge in [0.05, 0.1) is 50.1 Å². The molecule has 4 aromatic rings. The van der Waals surface area contributed by atoms with E-state index in [1.54, 1.807) is 13.8 Å². The Morgan fingerprint density at radius 1 is 0.678 bits per heavy atom. The fourth-order valence-corrected chi connectivity index (χ4v) is 10.6. The Morgan fingerprint density at radius 2 is 1.15 bits per heavy atom. The summed E-state index contributed by atoms with van der Waals surface area (Å²) in [5, 5.41) is 5.23. The molecule has 4 saturated heterocycles. The number of hydrogen-bond acceptors (Lipinski definition) is 9. The molecule has 4 N–H and O–H groups in total. The van der Waals surface area contributed by atoms with Crippen LogP contribution >= 0.6 is 0 Å². The van der Waals surface area contributed by atoms with Crippen molar-refractivity contribution in [1.29, 1.82) is 0 Å². The minimum atomic E-state index is -0.713. The number of H-pyrrole nitrogens is 2. The lowest BCUT2D eigenvalue weighted by molar-refractivity contribution is -0.177. The van der Waals surface area contributed by atoms with Gasteiger partial charge in [0.1, 0.15) is 23.7 Å². The number of hydrogen-bond donors (Lipinski definition) is 4. The molecule has 9 rings (SSSR count). The number of carbonyl (C=O) groups is 4. The lowest BCUT2D eigenvalue weighted by atomic mass is 9.68. The molecule has 0 radical (unpaired) electrons. The smallest absolute Gasteiger partial charge is 0.407 e. The Labute approximate surface area is 343 Å². The molecule has 7 heterocycles. The van der Waals surface area contributed by atoms with Crippen LogP contribution in [-0.2, 0) is 19.1 Å². The molecule has 2 aromatic heterocycles. The van der Waals surface area contributed by atoms with Gasteiger partial charge in [-0.25, -0.2) is 19.6 Å². The van der Waals surface area contributed by atoms with E-state index in [2.05, 4.69) is 68.8 Å². The zero-order chi connectivity index (χ0) is 41.2. The van der Waals surface area contributed by atoms with Crippen LogP contribution in [0.25, 0.3) is 33.6 Å². The van der Waals surface area contributed by atoms with Crippen molar-refractivity contribution in [2.24, 2.45) is 0 Å². The molecular weight excluding hydrogens is 751 g/mol. The highest BCUT2D eigenvalue weighted by atomic mass is 16.5. The summed E-state index contributed by atoms with van der Waals surface area (Å²) >= 11 is 0. The molecule has 0 spiro atoms. The lowest BCUT2D eigenvalue weighted by Gasteiger charge is -2.65.